The first-order valence-electron chi connectivity index (χ1n) is 7.22. The van der Waals surface area contributed by atoms with Crippen molar-refractivity contribution in [2.75, 3.05) is 0 Å². The molecule has 0 bridgehead atoms. The Hall–Kier alpha value is -1.36. The number of ether oxygens (including phenoxy) is 1. The Morgan fingerprint density at radius 1 is 1.10 bits per heavy atom. The molecule has 0 aliphatic carbocycles. The van der Waals surface area contributed by atoms with Crippen LogP contribution in [0.15, 0.2) is 11.1 Å². The highest BCUT2D eigenvalue weighted by Crippen LogP contribution is 2.34. The SMILES string of the molecule is CC1=C(C)[C@](O)(CCCCCCCCC(=O)O)OC1=O. The Balaban J connectivity index is 2.13. The zero-order chi connectivity index (χ0) is 15.2. The van der Waals surface area contributed by atoms with Gasteiger partial charge >= 0.3 is 11.9 Å². The molecular formula is C15H24O5. The van der Waals surface area contributed by atoms with E-state index in [0.717, 1.165) is 38.5 Å². The molecule has 0 aromatic carbocycles. The lowest BCUT2D eigenvalue weighted by Gasteiger charge is -2.23. The molecule has 1 atom stereocenters. The molecule has 0 aromatic rings. The van der Waals surface area contributed by atoms with Gasteiger partial charge in [0.15, 0.2) is 0 Å². The molecule has 1 aliphatic heterocycles. The van der Waals surface area contributed by atoms with Gasteiger partial charge in [-0.3, -0.25) is 4.79 Å². The van der Waals surface area contributed by atoms with E-state index in [2.05, 4.69) is 0 Å². The number of hydrogen-bond donors (Lipinski definition) is 2. The summed E-state index contributed by atoms with van der Waals surface area (Å²) >= 11 is 0. The number of carboxylic acids is 1. The van der Waals surface area contributed by atoms with Crippen molar-refractivity contribution in [1.82, 2.24) is 0 Å². The summed E-state index contributed by atoms with van der Waals surface area (Å²) in [7, 11) is 0. The van der Waals surface area contributed by atoms with Crippen molar-refractivity contribution < 1.29 is 24.5 Å². The quantitative estimate of drug-likeness (QED) is 0.502. The Labute approximate surface area is 119 Å². The molecule has 1 aliphatic rings. The molecule has 1 heterocycles. The summed E-state index contributed by atoms with van der Waals surface area (Å²) in [5.41, 5.74) is 1.12. The fourth-order valence-electron chi connectivity index (χ4n) is 2.34. The van der Waals surface area contributed by atoms with Crippen LogP contribution in [0.2, 0.25) is 0 Å². The van der Waals surface area contributed by atoms with Gasteiger partial charge in [-0.05, 0) is 26.7 Å². The highest BCUT2D eigenvalue weighted by molar-refractivity contribution is 5.91. The van der Waals surface area contributed by atoms with Gasteiger partial charge in [0.1, 0.15) is 0 Å². The monoisotopic (exact) mass is 284 g/mol. The minimum absolute atomic E-state index is 0.235. The Morgan fingerprint density at radius 3 is 2.15 bits per heavy atom. The summed E-state index contributed by atoms with van der Waals surface area (Å²) in [4.78, 5) is 21.7. The predicted molar refractivity (Wildman–Crippen MR) is 74.0 cm³/mol. The van der Waals surface area contributed by atoms with Crippen molar-refractivity contribution in [1.29, 1.82) is 0 Å². The molecular weight excluding hydrogens is 260 g/mol. The van der Waals surface area contributed by atoms with Gasteiger partial charge in [0.2, 0.25) is 5.79 Å². The van der Waals surface area contributed by atoms with Crippen LogP contribution in [0.25, 0.3) is 0 Å². The Kier molecular flexibility index (Phi) is 6.20. The van der Waals surface area contributed by atoms with E-state index in [1.54, 1.807) is 13.8 Å². The average Bonchev–Trinajstić information content (AvgIpc) is 2.57. The number of aliphatic hydroxyl groups is 1. The normalized spacial score (nSPS) is 22.2. The molecule has 114 valence electrons. The van der Waals surface area contributed by atoms with Gasteiger partial charge in [0.05, 0.1) is 0 Å². The molecule has 0 fully saturated rings. The van der Waals surface area contributed by atoms with E-state index in [-0.39, 0.29) is 6.42 Å². The van der Waals surface area contributed by atoms with Crippen LogP contribution >= 0.6 is 0 Å². The molecule has 0 amide bonds. The topological polar surface area (TPSA) is 83.8 Å². The van der Waals surface area contributed by atoms with Crippen LogP contribution in [-0.2, 0) is 14.3 Å². The number of aliphatic carboxylic acids is 1. The number of hydrogen-bond acceptors (Lipinski definition) is 4. The van der Waals surface area contributed by atoms with Crippen molar-refractivity contribution in [3.63, 3.8) is 0 Å². The fraction of sp³-hybridized carbons (Fsp3) is 0.733. The van der Waals surface area contributed by atoms with E-state index in [4.69, 9.17) is 9.84 Å². The minimum Gasteiger partial charge on any atom is -0.481 e. The summed E-state index contributed by atoms with van der Waals surface area (Å²) < 4.78 is 5.02. The zero-order valence-electron chi connectivity index (χ0n) is 12.3. The maximum Gasteiger partial charge on any atom is 0.336 e. The summed E-state index contributed by atoms with van der Waals surface area (Å²) in [6.07, 6.45) is 6.04. The van der Waals surface area contributed by atoms with Crippen LogP contribution in [0.1, 0.15) is 65.2 Å². The molecule has 0 radical (unpaired) electrons. The first kappa shape index (κ1) is 16.7. The van der Waals surface area contributed by atoms with E-state index in [1.807, 2.05) is 0 Å². The summed E-state index contributed by atoms with van der Waals surface area (Å²) in [6, 6.07) is 0. The maximum absolute atomic E-state index is 11.4. The predicted octanol–water partition coefficient (Wildman–Crippen LogP) is 2.77. The van der Waals surface area contributed by atoms with Crippen LogP contribution in [0.5, 0.6) is 0 Å². The third-order valence-corrected chi connectivity index (χ3v) is 3.87. The first-order valence-corrected chi connectivity index (χ1v) is 7.22. The van der Waals surface area contributed by atoms with Crippen LogP contribution in [0.4, 0.5) is 0 Å². The number of esters is 1. The molecule has 5 nitrogen and oxygen atoms in total. The number of carbonyl (C=O) groups excluding carboxylic acids is 1. The van der Waals surface area contributed by atoms with Crippen LogP contribution in [0, 0.1) is 0 Å². The van der Waals surface area contributed by atoms with Crippen molar-refractivity contribution >= 4 is 11.9 Å². The standard InChI is InChI=1S/C15H24O5/c1-11-12(2)15(19,20-14(11)18)10-8-6-4-3-5-7-9-13(16)17/h19H,3-10H2,1-2H3,(H,16,17)/t15-/m0/s1. The number of cyclic esters (lactones) is 1. The van der Waals surface area contributed by atoms with Crippen LogP contribution in [-0.4, -0.2) is 27.9 Å². The van der Waals surface area contributed by atoms with Crippen molar-refractivity contribution in [2.45, 2.75) is 71.0 Å². The molecule has 0 saturated carbocycles. The second-order valence-electron chi connectivity index (χ2n) is 5.44. The molecule has 0 unspecified atom stereocenters. The summed E-state index contributed by atoms with van der Waals surface area (Å²) in [5, 5.41) is 18.7. The second-order valence-corrected chi connectivity index (χ2v) is 5.44. The largest absolute Gasteiger partial charge is 0.481 e. The molecule has 0 aromatic heterocycles. The highest BCUT2D eigenvalue weighted by atomic mass is 16.7. The van der Waals surface area contributed by atoms with Crippen molar-refractivity contribution in [3.8, 4) is 0 Å². The van der Waals surface area contributed by atoms with Gasteiger partial charge in [0, 0.05) is 24.0 Å². The van der Waals surface area contributed by atoms with E-state index in [0.29, 0.717) is 17.6 Å². The van der Waals surface area contributed by atoms with Crippen molar-refractivity contribution in [3.05, 3.63) is 11.1 Å². The number of rotatable bonds is 9. The Bertz CT molecular complexity index is 399. The zero-order valence-corrected chi connectivity index (χ0v) is 12.3. The maximum atomic E-state index is 11.4. The average molecular weight is 284 g/mol. The van der Waals surface area contributed by atoms with Gasteiger partial charge in [0.25, 0.3) is 0 Å². The fourth-order valence-corrected chi connectivity index (χ4v) is 2.34. The molecule has 20 heavy (non-hydrogen) atoms. The third kappa shape index (κ3) is 4.63. The van der Waals surface area contributed by atoms with Gasteiger partial charge in [-0.15, -0.1) is 0 Å². The summed E-state index contributed by atoms with van der Waals surface area (Å²) in [5.74, 6) is -2.59. The lowest BCUT2D eigenvalue weighted by molar-refractivity contribution is -0.183. The molecule has 1 rings (SSSR count). The van der Waals surface area contributed by atoms with E-state index in [1.165, 1.54) is 0 Å². The molecule has 0 saturated heterocycles. The van der Waals surface area contributed by atoms with Crippen LogP contribution < -0.4 is 0 Å². The molecule has 0 spiro atoms. The number of unbranched alkanes of at least 4 members (excludes halogenated alkanes) is 5. The Morgan fingerprint density at radius 2 is 1.65 bits per heavy atom. The van der Waals surface area contributed by atoms with E-state index < -0.39 is 17.7 Å². The smallest absolute Gasteiger partial charge is 0.336 e. The highest BCUT2D eigenvalue weighted by Gasteiger charge is 2.41. The summed E-state index contributed by atoms with van der Waals surface area (Å²) in [6.45, 7) is 3.39. The molecule has 2 N–H and O–H groups in total. The minimum atomic E-state index is -1.41. The number of carbonyl (C=O) groups is 2. The van der Waals surface area contributed by atoms with E-state index in [9.17, 15) is 14.7 Å². The lowest BCUT2D eigenvalue weighted by atomic mass is 9.98. The van der Waals surface area contributed by atoms with Gasteiger partial charge in [-0.25, -0.2) is 4.79 Å². The third-order valence-electron chi connectivity index (χ3n) is 3.87. The van der Waals surface area contributed by atoms with E-state index >= 15 is 0 Å². The number of carboxylic acid groups (broad SMARTS) is 1. The molecule has 5 heteroatoms. The van der Waals surface area contributed by atoms with Gasteiger partial charge in [-0.2, -0.15) is 0 Å². The van der Waals surface area contributed by atoms with Crippen molar-refractivity contribution in [2.24, 2.45) is 0 Å². The van der Waals surface area contributed by atoms with Gasteiger partial charge in [-0.1, -0.05) is 25.7 Å². The first-order chi connectivity index (χ1) is 9.37. The van der Waals surface area contributed by atoms with Gasteiger partial charge < -0.3 is 14.9 Å². The second kappa shape index (κ2) is 7.43. The lowest BCUT2D eigenvalue weighted by Crippen LogP contribution is -2.30. The van der Waals surface area contributed by atoms with Crippen LogP contribution in [0.3, 0.4) is 0 Å².